The van der Waals surface area contributed by atoms with Crippen LogP contribution in [0.4, 0.5) is 5.69 Å². The lowest BCUT2D eigenvalue weighted by atomic mass is 10.1. The van der Waals surface area contributed by atoms with Crippen molar-refractivity contribution in [3.63, 3.8) is 0 Å². The van der Waals surface area contributed by atoms with Gasteiger partial charge in [-0.1, -0.05) is 23.7 Å². The summed E-state index contributed by atoms with van der Waals surface area (Å²) in [6, 6.07) is 7.31. The van der Waals surface area contributed by atoms with E-state index in [9.17, 15) is 4.79 Å². The number of para-hydroxylation sites is 1. The number of hydrogen-bond acceptors (Lipinski definition) is 2. The van der Waals surface area contributed by atoms with E-state index in [0.29, 0.717) is 10.7 Å². The van der Waals surface area contributed by atoms with E-state index in [1.54, 1.807) is 6.07 Å². The first-order valence-corrected chi connectivity index (χ1v) is 5.78. The molecule has 0 radical (unpaired) electrons. The van der Waals surface area contributed by atoms with E-state index in [1.807, 2.05) is 25.2 Å². The minimum absolute atomic E-state index is 0.0671. The number of benzene rings is 1. The summed E-state index contributed by atoms with van der Waals surface area (Å²) in [4.78, 5) is 14.1. The lowest BCUT2D eigenvalue weighted by Gasteiger charge is -2.12. The molecule has 1 aromatic carbocycles. The van der Waals surface area contributed by atoms with Gasteiger partial charge in [-0.2, -0.15) is 0 Å². The van der Waals surface area contributed by atoms with Crippen LogP contribution < -0.4 is 5.32 Å². The Morgan fingerprint density at radius 3 is 2.88 bits per heavy atom. The summed E-state index contributed by atoms with van der Waals surface area (Å²) >= 11 is 5.98. The molecule has 1 saturated heterocycles. The van der Waals surface area contributed by atoms with Gasteiger partial charge < -0.3 is 10.2 Å². The van der Waals surface area contributed by atoms with Crippen molar-refractivity contribution in [1.29, 1.82) is 0 Å². The minimum atomic E-state index is 0.0671. The summed E-state index contributed by atoms with van der Waals surface area (Å²) < 4.78 is 0. The number of amides is 1. The second kappa shape index (κ2) is 4.85. The fourth-order valence-electron chi connectivity index (χ4n) is 1.95. The van der Waals surface area contributed by atoms with Crippen LogP contribution in [0.25, 0.3) is 0 Å². The Kier molecular flexibility index (Phi) is 3.46. The number of rotatable bonds is 2. The first kappa shape index (κ1) is 11.4. The molecule has 1 aromatic rings. The maximum Gasteiger partial charge on any atom is 0.228 e. The fraction of sp³-hybridized carbons (Fsp3) is 0.417. The predicted octanol–water partition coefficient (Wildman–Crippen LogP) is 2.23. The van der Waals surface area contributed by atoms with Gasteiger partial charge >= 0.3 is 0 Å². The zero-order valence-electron chi connectivity index (χ0n) is 9.24. The van der Waals surface area contributed by atoms with Gasteiger partial charge in [0.05, 0.1) is 16.6 Å². The standard InChI is InChI=1S/C12H15ClN2O/c1-15-7-6-9(8-15)12(16)14-11-5-3-2-4-10(11)13/h2-5,9H,6-8H2,1H3,(H,14,16). The molecule has 0 aromatic heterocycles. The zero-order chi connectivity index (χ0) is 11.5. The summed E-state index contributed by atoms with van der Waals surface area (Å²) in [5.41, 5.74) is 0.698. The second-order valence-electron chi connectivity index (χ2n) is 4.22. The van der Waals surface area contributed by atoms with Gasteiger partial charge in [-0.05, 0) is 32.1 Å². The summed E-state index contributed by atoms with van der Waals surface area (Å²) in [6.07, 6.45) is 0.923. The van der Waals surface area contributed by atoms with Gasteiger partial charge in [0.2, 0.25) is 5.91 Å². The molecule has 0 aliphatic carbocycles. The van der Waals surface area contributed by atoms with Crippen LogP contribution in [0, 0.1) is 5.92 Å². The SMILES string of the molecule is CN1CCC(C(=O)Nc2ccccc2Cl)C1. The average Bonchev–Trinajstić information content (AvgIpc) is 2.68. The smallest absolute Gasteiger partial charge is 0.228 e. The lowest BCUT2D eigenvalue weighted by molar-refractivity contribution is -0.119. The third-order valence-corrected chi connectivity index (χ3v) is 3.22. The average molecular weight is 239 g/mol. The number of halogens is 1. The quantitative estimate of drug-likeness (QED) is 0.857. The fourth-order valence-corrected chi connectivity index (χ4v) is 2.13. The van der Waals surface area contributed by atoms with Crippen LogP contribution in [-0.2, 0) is 4.79 Å². The van der Waals surface area contributed by atoms with Crippen LogP contribution in [0.2, 0.25) is 5.02 Å². The molecule has 3 nitrogen and oxygen atoms in total. The number of likely N-dealkylation sites (tertiary alicyclic amines) is 1. The van der Waals surface area contributed by atoms with Crippen LogP contribution in [-0.4, -0.2) is 30.9 Å². The number of nitrogens with one attached hydrogen (secondary N) is 1. The molecule has 1 N–H and O–H groups in total. The molecular weight excluding hydrogens is 224 g/mol. The van der Waals surface area contributed by atoms with Crippen molar-refractivity contribution < 1.29 is 4.79 Å². The molecular formula is C12H15ClN2O. The molecule has 1 fully saturated rings. The maximum absolute atomic E-state index is 11.9. The molecule has 86 valence electrons. The Hall–Kier alpha value is -1.06. The molecule has 1 aliphatic heterocycles. The summed E-state index contributed by atoms with van der Waals surface area (Å²) in [6.45, 7) is 1.82. The van der Waals surface area contributed by atoms with Crippen molar-refractivity contribution in [2.45, 2.75) is 6.42 Å². The Morgan fingerprint density at radius 1 is 1.50 bits per heavy atom. The predicted molar refractivity (Wildman–Crippen MR) is 65.7 cm³/mol. The van der Waals surface area contributed by atoms with Crippen molar-refractivity contribution in [2.75, 3.05) is 25.5 Å². The normalized spacial score (nSPS) is 21.0. The van der Waals surface area contributed by atoms with E-state index in [-0.39, 0.29) is 11.8 Å². The van der Waals surface area contributed by atoms with Gasteiger partial charge in [-0.25, -0.2) is 0 Å². The van der Waals surface area contributed by atoms with Crippen molar-refractivity contribution >= 4 is 23.2 Å². The zero-order valence-corrected chi connectivity index (χ0v) is 10.00. The van der Waals surface area contributed by atoms with Gasteiger partial charge in [0.25, 0.3) is 0 Å². The molecule has 1 amide bonds. The highest BCUT2D eigenvalue weighted by atomic mass is 35.5. The molecule has 0 bridgehead atoms. The Bertz CT molecular complexity index is 394. The summed E-state index contributed by atoms with van der Waals surface area (Å²) in [5, 5.41) is 3.46. The lowest BCUT2D eigenvalue weighted by Crippen LogP contribution is -2.25. The Balaban J connectivity index is 2.00. The van der Waals surface area contributed by atoms with Crippen molar-refractivity contribution in [3.8, 4) is 0 Å². The van der Waals surface area contributed by atoms with Gasteiger partial charge in [0.1, 0.15) is 0 Å². The number of nitrogens with zero attached hydrogens (tertiary/aromatic N) is 1. The maximum atomic E-state index is 11.9. The highest BCUT2D eigenvalue weighted by molar-refractivity contribution is 6.33. The first-order chi connectivity index (χ1) is 7.66. The monoisotopic (exact) mass is 238 g/mol. The van der Waals surface area contributed by atoms with Gasteiger partial charge in [-0.15, -0.1) is 0 Å². The molecule has 1 unspecified atom stereocenters. The van der Waals surface area contributed by atoms with Crippen molar-refractivity contribution in [2.24, 2.45) is 5.92 Å². The van der Waals surface area contributed by atoms with Crippen LogP contribution in [0.1, 0.15) is 6.42 Å². The third-order valence-electron chi connectivity index (χ3n) is 2.89. The number of carbonyl (C=O) groups is 1. The molecule has 16 heavy (non-hydrogen) atoms. The minimum Gasteiger partial charge on any atom is -0.324 e. The molecule has 1 aliphatic rings. The summed E-state index contributed by atoms with van der Waals surface area (Å²) in [7, 11) is 2.03. The van der Waals surface area contributed by atoms with Crippen molar-refractivity contribution in [3.05, 3.63) is 29.3 Å². The van der Waals surface area contributed by atoms with Crippen LogP contribution >= 0.6 is 11.6 Å². The molecule has 4 heteroatoms. The Morgan fingerprint density at radius 2 is 2.25 bits per heavy atom. The highest BCUT2D eigenvalue weighted by Crippen LogP contribution is 2.23. The third kappa shape index (κ3) is 2.54. The summed E-state index contributed by atoms with van der Waals surface area (Å²) in [5.74, 6) is 0.152. The molecule has 1 heterocycles. The van der Waals surface area contributed by atoms with Crippen LogP contribution in [0.5, 0.6) is 0 Å². The number of carbonyl (C=O) groups excluding carboxylic acids is 1. The van der Waals surface area contributed by atoms with Crippen LogP contribution in [0.3, 0.4) is 0 Å². The number of hydrogen-bond donors (Lipinski definition) is 1. The van der Waals surface area contributed by atoms with E-state index < -0.39 is 0 Å². The van der Waals surface area contributed by atoms with Crippen molar-refractivity contribution in [1.82, 2.24) is 4.90 Å². The second-order valence-corrected chi connectivity index (χ2v) is 4.62. The van der Waals surface area contributed by atoms with Gasteiger partial charge in [0.15, 0.2) is 0 Å². The topological polar surface area (TPSA) is 32.3 Å². The van der Waals surface area contributed by atoms with Gasteiger partial charge in [-0.3, -0.25) is 4.79 Å². The van der Waals surface area contributed by atoms with E-state index in [4.69, 9.17) is 11.6 Å². The number of anilines is 1. The van der Waals surface area contributed by atoms with E-state index in [1.165, 1.54) is 0 Å². The molecule has 0 saturated carbocycles. The van der Waals surface area contributed by atoms with E-state index >= 15 is 0 Å². The molecule has 1 atom stereocenters. The Labute approximate surface area is 100 Å². The molecule has 2 rings (SSSR count). The molecule has 0 spiro atoms. The largest absolute Gasteiger partial charge is 0.324 e. The highest BCUT2D eigenvalue weighted by Gasteiger charge is 2.26. The first-order valence-electron chi connectivity index (χ1n) is 5.41. The van der Waals surface area contributed by atoms with E-state index in [2.05, 4.69) is 10.2 Å². The van der Waals surface area contributed by atoms with Crippen LogP contribution in [0.15, 0.2) is 24.3 Å². The van der Waals surface area contributed by atoms with E-state index in [0.717, 1.165) is 19.5 Å². The van der Waals surface area contributed by atoms with Gasteiger partial charge in [0, 0.05) is 6.54 Å².